The molecule has 0 aliphatic heterocycles. The highest BCUT2D eigenvalue weighted by Crippen LogP contribution is 2.60. The molecule has 6 rings (SSSR count). The van der Waals surface area contributed by atoms with Crippen LogP contribution in [0.2, 0.25) is 0 Å². The minimum atomic E-state index is -0.140. The molecule has 25 heavy (non-hydrogen) atoms. The van der Waals surface area contributed by atoms with Crippen molar-refractivity contribution < 1.29 is 4.79 Å². The lowest BCUT2D eigenvalue weighted by Crippen LogP contribution is -2.51. The fourth-order valence-corrected chi connectivity index (χ4v) is 7.78. The van der Waals surface area contributed by atoms with Crippen molar-refractivity contribution >= 4 is 22.2 Å². The Kier molecular flexibility index (Phi) is 3.54. The Bertz CT molecular complexity index is 736. The number of amides is 1. The van der Waals surface area contributed by atoms with E-state index in [-0.39, 0.29) is 11.3 Å². The second-order valence-electron chi connectivity index (χ2n) is 9.32. The molecule has 1 aromatic heterocycles. The van der Waals surface area contributed by atoms with E-state index >= 15 is 0 Å². The highest BCUT2D eigenvalue weighted by atomic mass is 32.1. The average Bonchev–Trinajstić information content (AvgIpc) is 2.89. The topological polar surface area (TPSA) is 52.9 Å². The zero-order chi connectivity index (χ0) is 17.2. The Hall–Kier alpha value is -1.34. The molecule has 4 bridgehead atoms. The molecule has 1 heterocycles. The van der Waals surface area contributed by atoms with Gasteiger partial charge in [0, 0.05) is 4.88 Å². The Balaban J connectivity index is 1.43. The Labute approximate surface area is 153 Å². The molecule has 4 heteroatoms. The van der Waals surface area contributed by atoms with Crippen molar-refractivity contribution in [2.75, 3.05) is 5.32 Å². The summed E-state index contributed by atoms with van der Waals surface area (Å²) in [4.78, 5) is 14.6. The van der Waals surface area contributed by atoms with Crippen molar-refractivity contribution in [2.45, 2.75) is 64.7 Å². The van der Waals surface area contributed by atoms with Gasteiger partial charge in [0.1, 0.15) is 11.1 Å². The number of aryl methyl sites for hydroxylation is 1. The smallest absolute Gasteiger partial charge is 0.231 e. The van der Waals surface area contributed by atoms with Gasteiger partial charge >= 0.3 is 0 Å². The number of nitriles is 1. The lowest BCUT2D eigenvalue weighted by molar-refractivity contribution is -0.140. The first kappa shape index (κ1) is 15.9. The van der Waals surface area contributed by atoms with Gasteiger partial charge in [0.05, 0.1) is 11.0 Å². The number of rotatable bonds is 2. The van der Waals surface area contributed by atoms with Gasteiger partial charge in [-0.25, -0.2) is 0 Å². The summed E-state index contributed by atoms with van der Waals surface area (Å²) in [5.41, 5.74) is 1.83. The predicted molar refractivity (Wildman–Crippen MR) is 99.5 cm³/mol. The fraction of sp³-hybridized carbons (Fsp3) is 0.714. The van der Waals surface area contributed by atoms with Crippen LogP contribution in [-0.4, -0.2) is 5.91 Å². The molecule has 0 spiro atoms. The van der Waals surface area contributed by atoms with Gasteiger partial charge in [-0.3, -0.25) is 4.79 Å². The Morgan fingerprint density at radius 2 is 1.84 bits per heavy atom. The van der Waals surface area contributed by atoms with E-state index in [4.69, 9.17) is 0 Å². The highest BCUT2D eigenvalue weighted by molar-refractivity contribution is 7.16. The molecule has 3 nitrogen and oxygen atoms in total. The lowest BCUT2D eigenvalue weighted by atomic mass is 9.49. The third-order valence-corrected chi connectivity index (χ3v) is 8.57. The molecular weight excluding hydrogens is 328 g/mol. The summed E-state index contributed by atoms with van der Waals surface area (Å²) >= 11 is 1.67. The van der Waals surface area contributed by atoms with Crippen molar-refractivity contribution in [3.05, 3.63) is 16.0 Å². The number of anilines is 1. The molecule has 4 saturated carbocycles. The SMILES string of the molecule is C[C@@H]1CCc2sc(NC(=O)C34CC5CC(CC(C5)C3)C4)c(C#N)c2C1. The first-order chi connectivity index (χ1) is 12.1. The van der Waals surface area contributed by atoms with E-state index in [9.17, 15) is 10.1 Å². The summed E-state index contributed by atoms with van der Waals surface area (Å²) < 4.78 is 0. The zero-order valence-electron chi connectivity index (χ0n) is 14.9. The zero-order valence-corrected chi connectivity index (χ0v) is 15.8. The van der Waals surface area contributed by atoms with Crippen LogP contribution in [0.5, 0.6) is 0 Å². The van der Waals surface area contributed by atoms with Gasteiger partial charge in [-0.2, -0.15) is 5.26 Å². The third kappa shape index (κ3) is 2.46. The van der Waals surface area contributed by atoms with Crippen molar-refractivity contribution in [3.8, 4) is 6.07 Å². The molecule has 132 valence electrons. The third-order valence-electron chi connectivity index (χ3n) is 7.37. The van der Waals surface area contributed by atoms with E-state index in [0.717, 1.165) is 60.4 Å². The largest absolute Gasteiger partial charge is 0.316 e. The summed E-state index contributed by atoms with van der Waals surface area (Å²) in [6, 6.07) is 2.40. The van der Waals surface area contributed by atoms with Gasteiger partial charge in [-0.15, -0.1) is 11.3 Å². The van der Waals surface area contributed by atoms with Crippen LogP contribution in [0.1, 0.15) is 67.9 Å². The molecule has 1 N–H and O–H groups in total. The number of fused-ring (bicyclic) bond motifs is 1. The van der Waals surface area contributed by atoms with Crippen LogP contribution >= 0.6 is 11.3 Å². The van der Waals surface area contributed by atoms with Crippen LogP contribution < -0.4 is 5.32 Å². The predicted octanol–water partition coefficient (Wildman–Crippen LogP) is 4.90. The summed E-state index contributed by atoms with van der Waals surface area (Å²) in [6.07, 6.45) is 10.5. The van der Waals surface area contributed by atoms with Crippen LogP contribution in [0.3, 0.4) is 0 Å². The van der Waals surface area contributed by atoms with Crippen LogP contribution in [0.4, 0.5) is 5.00 Å². The van der Waals surface area contributed by atoms with Crippen molar-refractivity contribution in [3.63, 3.8) is 0 Å². The second-order valence-corrected chi connectivity index (χ2v) is 10.4. The average molecular weight is 355 g/mol. The van der Waals surface area contributed by atoms with E-state index < -0.39 is 0 Å². The summed E-state index contributed by atoms with van der Waals surface area (Å²) in [7, 11) is 0. The van der Waals surface area contributed by atoms with Gasteiger partial charge in [-0.1, -0.05) is 6.92 Å². The molecule has 0 radical (unpaired) electrons. The van der Waals surface area contributed by atoms with Crippen LogP contribution in [-0.2, 0) is 17.6 Å². The first-order valence-corrected chi connectivity index (χ1v) is 10.7. The van der Waals surface area contributed by atoms with Crippen molar-refractivity contribution in [2.24, 2.45) is 29.1 Å². The van der Waals surface area contributed by atoms with Crippen molar-refractivity contribution in [1.82, 2.24) is 0 Å². The molecule has 0 unspecified atom stereocenters. The van der Waals surface area contributed by atoms with E-state index in [0.29, 0.717) is 5.92 Å². The molecule has 4 fully saturated rings. The fourth-order valence-electron chi connectivity index (χ4n) is 6.59. The maximum atomic E-state index is 13.3. The van der Waals surface area contributed by atoms with Crippen LogP contribution in [0.15, 0.2) is 0 Å². The normalized spacial score (nSPS) is 38.2. The first-order valence-electron chi connectivity index (χ1n) is 9.92. The van der Waals surface area contributed by atoms with Crippen LogP contribution in [0, 0.1) is 40.4 Å². The lowest BCUT2D eigenvalue weighted by Gasteiger charge is -2.55. The molecule has 5 aliphatic carbocycles. The highest BCUT2D eigenvalue weighted by Gasteiger charge is 2.54. The van der Waals surface area contributed by atoms with E-state index in [1.165, 1.54) is 36.1 Å². The number of hydrogen-bond acceptors (Lipinski definition) is 3. The maximum Gasteiger partial charge on any atom is 0.231 e. The minimum Gasteiger partial charge on any atom is -0.316 e. The Morgan fingerprint density at radius 1 is 1.20 bits per heavy atom. The van der Waals surface area contributed by atoms with E-state index in [2.05, 4.69) is 18.3 Å². The quantitative estimate of drug-likeness (QED) is 0.821. The van der Waals surface area contributed by atoms with Gasteiger partial charge in [0.2, 0.25) is 5.91 Å². The van der Waals surface area contributed by atoms with Crippen LogP contribution in [0.25, 0.3) is 0 Å². The number of thiophene rings is 1. The van der Waals surface area contributed by atoms with Gasteiger partial charge in [0.15, 0.2) is 0 Å². The number of carbonyl (C=O) groups excluding carboxylic acids is 1. The Morgan fingerprint density at radius 3 is 2.44 bits per heavy atom. The number of nitrogens with zero attached hydrogens (tertiary/aromatic N) is 1. The molecule has 1 atom stereocenters. The van der Waals surface area contributed by atoms with E-state index in [1.807, 2.05) is 0 Å². The number of nitrogens with one attached hydrogen (secondary N) is 1. The standard InChI is InChI=1S/C21H26N2OS/c1-12-2-3-18-16(4-12)17(11-22)19(25-18)23-20(24)21-8-13-5-14(9-21)7-15(6-13)10-21/h12-15H,2-10H2,1H3,(H,23,24)/t12-,13?,14?,15?,21?/m1/s1. The number of hydrogen-bond donors (Lipinski definition) is 1. The number of carbonyl (C=O) groups is 1. The van der Waals surface area contributed by atoms with E-state index in [1.54, 1.807) is 11.3 Å². The molecular formula is C21H26N2OS. The van der Waals surface area contributed by atoms with Gasteiger partial charge in [-0.05, 0) is 87.0 Å². The maximum absolute atomic E-state index is 13.3. The van der Waals surface area contributed by atoms with Crippen molar-refractivity contribution in [1.29, 1.82) is 5.26 Å². The molecule has 0 aromatic carbocycles. The minimum absolute atomic E-state index is 0.140. The summed E-state index contributed by atoms with van der Waals surface area (Å²) in [5, 5.41) is 13.8. The van der Waals surface area contributed by atoms with Gasteiger partial charge in [0.25, 0.3) is 0 Å². The molecule has 1 amide bonds. The van der Waals surface area contributed by atoms with Gasteiger partial charge < -0.3 is 5.32 Å². The molecule has 1 aromatic rings. The summed E-state index contributed by atoms with van der Waals surface area (Å²) in [6.45, 7) is 2.26. The second kappa shape index (κ2) is 5.58. The monoisotopic (exact) mass is 354 g/mol. The summed E-state index contributed by atoms with van der Waals surface area (Å²) in [5.74, 6) is 3.16. The molecule has 0 saturated heterocycles. The molecule has 5 aliphatic rings.